The number of hydrogen-bond acceptors (Lipinski definition) is 5. The second kappa shape index (κ2) is 8.68. The van der Waals surface area contributed by atoms with E-state index in [1.807, 2.05) is 43.3 Å². The molecule has 4 aromatic rings. The molecule has 1 amide bonds. The van der Waals surface area contributed by atoms with Crippen molar-refractivity contribution in [2.75, 3.05) is 19.1 Å². The summed E-state index contributed by atoms with van der Waals surface area (Å²) in [5.41, 5.74) is 3.38. The molecule has 1 atom stereocenters. The number of ether oxygens (including phenoxy) is 2. The zero-order valence-corrected chi connectivity index (χ0v) is 19.5. The van der Waals surface area contributed by atoms with E-state index in [0.717, 1.165) is 16.5 Å². The molecule has 5 rings (SSSR count). The quantitative estimate of drug-likeness (QED) is 0.241. The lowest BCUT2D eigenvalue weighted by atomic mass is 9.94. The number of Topliss-reactive ketones (excluding diaryl/α,β-unsaturated/α-hetero) is 1. The van der Waals surface area contributed by atoms with Gasteiger partial charge in [0.05, 0.1) is 31.4 Å². The average Bonchev–Trinajstić information content (AvgIpc) is 3.42. The first kappa shape index (κ1) is 22.3. The number of aliphatic hydroxyl groups excluding tert-OH is 1. The van der Waals surface area contributed by atoms with Crippen molar-refractivity contribution in [2.24, 2.45) is 0 Å². The second-order valence-electron chi connectivity index (χ2n) is 8.36. The van der Waals surface area contributed by atoms with E-state index in [1.165, 1.54) is 19.1 Å². The molecule has 176 valence electrons. The predicted octanol–water partition coefficient (Wildman–Crippen LogP) is 5.12. The van der Waals surface area contributed by atoms with Crippen molar-refractivity contribution in [1.29, 1.82) is 0 Å². The van der Waals surface area contributed by atoms with Gasteiger partial charge in [0.1, 0.15) is 17.3 Å². The summed E-state index contributed by atoms with van der Waals surface area (Å²) in [6.45, 7) is 1.95. The molecule has 1 fully saturated rings. The van der Waals surface area contributed by atoms with Crippen molar-refractivity contribution in [3.63, 3.8) is 0 Å². The van der Waals surface area contributed by atoms with E-state index < -0.39 is 17.7 Å². The van der Waals surface area contributed by atoms with E-state index in [0.29, 0.717) is 22.7 Å². The van der Waals surface area contributed by atoms with Gasteiger partial charge < -0.3 is 19.6 Å². The molecule has 2 N–H and O–H groups in total. The van der Waals surface area contributed by atoms with E-state index in [2.05, 4.69) is 4.98 Å². The third-order valence-corrected chi connectivity index (χ3v) is 6.33. The lowest BCUT2D eigenvalue weighted by Gasteiger charge is -2.25. The molecule has 0 bridgehead atoms. The number of rotatable bonds is 5. The van der Waals surface area contributed by atoms with Crippen LogP contribution in [0.4, 0.5) is 5.69 Å². The molecule has 0 radical (unpaired) electrons. The number of para-hydroxylation sites is 1. The zero-order valence-electron chi connectivity index (χ0n) is 19.5. The van der Waals surface area contributed by atoms with Crippen molar-refractivity contribution < 1.29 is 24.2 Å². The maximum atomic E-state index is 13.5. The van der Waals surface area contributed by atoms with Crippen LogP contribution < -0.4 is 14.4 Å². The van der Waals surface area contributed by atoms with Gasteiger partial charge in [-0.05, 0) is 43.3 Å². The van der Waals surface area contributed by atoms with Gasteiger partial charge in [-0.1, -0.05) is 35.9 Å². The standard InChI is InChI=1S/C28H24N2O5/c1-16-8-10-17(11-9-16)30-25(21-15-29-22-7-5-4-6-19(21)22)24(27(32)28(30)33)26(31)20-14-18(34-2)12-13-23(20)35-3/h4-15,25,29,31H,1-3H3/b26-24+. The van der Waals surface area contributed by atoms with Crippen LogP contribution in [0.1, 0.15) is 22.7 Å². The number of hydrogen-bond donors (Lipinski definition) is 2. The summed E-state index contributed by atoms with van der Waals surface area (Å²) in [4.78, 5) is 31.6. The molecule has 2 heterocycles. The van der Waals surface area contributed by atoms with E-state index in [-0.39, 0.29) is 16.9 Å². The minimum atomic E-state index is -0.857. The van der Waals surface area contributed by atoms with Gasteiger partial charge in [0.2, 0.25) is 0 Å². The Balaban J connectivity index is 1.80. The third kappa shape index (κ3) is 3.61. The van der Waals surface area contributed by atoms with Crippen molar-refractivity contribution in [3.05, 3.63) is 95.2 Å². The predicted molar refractivity (Wildman–Crippen MR) is 134 cm³/mol. The number of aromatic amines is 1. The highest BCUT2D eigenvalue weighted by Gasteiger charge is 2.48. The molecule has 0 spiro atoms. The number of carbonyl (C=O) groups excluding carboxylic acids is 2. The van der Waals surface area contributed by atoms with Gasteiger partial charge in [0.25, 0.3) is 11.7 Å². The van der Waals surface area contributed by atoms with Crippen LogP contribution in [-0.4, -0.2) is 36.0 Å². The molecule has 3 aromatic carbocycles. The van der Waals surface area contributed by atoms with Gasteiger partial charge in [-0.15, -0.1) is 0 Å². The summed E-state index contributed by atoms with van der Waals surface area (Å²) in [6, 6.07) is 19.1. The maximum absolute atomic E-state index is 13.5. The van der Waals surface area contributed by atoms with E-state index in [9.17, 15) is 14.7 Å². The lowest BCUT2D eigenvalue weighted by molar-refractivity contribution is -0.132. The fourth-order valence-electron chi connectivity index (χ4n) is 4.56. The molecule has 1 saturated heterocycles. The Hall–Kier alpha value is -4.52. The molecule has 7 heteroatoms. The topological polar surface area (TPSA) is 91.9 Å². The largest absolute Gasteiger partial charge is 0.507 e. The third-order valence-electron chi connectivity index (χ3n) is 6.33. The molecule has 1 aliphatic heterocycles. The van der Waals surface area contributed by atoms with Gasteiger partial charge in [0.15, 0.2) is 0 Å². The average molecular weight is 469 g/mol. The van der Waals surface area contributed by atoms with Crippen LogP contribution in [0.15, 0.2) is 78.5 Å². The Morgan fingerprint density at radius 2 is 1.71 bits per heavy atom. The summed E-state index contributed by atoms with van der Waals surface area (Å²) in [7, 11) is 2.98. The number of aryl methyl sites for hydroxylation is 1. The Labute approximate surface area is 202 Å². The molecule has 0 saturated carbocycles. The summed E-state index contributed by atoms with van der Waals surface area (Å²) >= 11 is 0. The Morgan fingerprint density at radius 3 is 2.43 bits per heavy atom. The highest BCUT2D eigenvalue weighted by molar-refractivity contribution is 6.52. The van der Waals surface area contributed by atoms with Gasteiger partial charge in [0, 0.05) is 28.4 Å². The number of fused-ring (bicyclic) bond motifs is 1. The van der Waals surface area contributed by atoms with Crippen molar-refractivity contribution in [2.45, 2.75) is 13.0 Å². The number of carbonyl (C=O) groups is 2. The van der Waals surface area contributed by atoms with Crippen LogP contribution in [0.5, 0.6) is 11.5 Å². The first-order valence-corrected chi connectivity index (χ1v) is 11.1. The maximum Gasteiger partial charge on any atom is 0.300 e. The highest BCUT2D eigenvalue weighted by atomic mass is 16.5. The Kier molecular flexibility index (Phi) is 5.53. The SMILES string of the molecule is COc1ccc(OC)c(/C(O)=C2\C(=O)C(=O)N(c3ccc(C)cc3)C2c2c[nH]c3ccccc23)c1. The number of benzene rings is 3. The zero-order chi connectivity index (χ0) is 24.7. The first-order chi connectivity index (χ1) is 16.9. The second-order valence-corrected chi connectivity index (χ2v) is 8.36. The van der Waals surface area contributed by atoms with Crippen LogP contribution in [0.25, 0.3) is 16.7 Å². The number of nitrogens with one attached hydrogen (secondary N) is 1. The van der Waals surface area contributed by atoms with Crippen molar-refractivity contribution in [3.8, 4) is 11.5 Å². The molecule has 0 aliphatic carbocycles. The highest BCUT2D eigenvalue weighted by Crippen LogP contribution is 2.45. The van der Waals surface area contributed by atoms with Gasteiger partial charge in [-0.2, -0.15) is 0 Å². The van der Waals surface area contributed by atoms with Crippen LogP contribution in [0.2, 0.25) is 0 Å². The molecule has 35 heavy (non-hydrogen) atoms. The van der Waals surface area contributed by atoms with Gasteiger partial charge in [-0.25, -0.2) is 0 Å². The summed E-state index contributed by atoms with van der Waals surface area (Å²) < 4.78 is 10.8. The monoisotopic (exact) mass is 468 g/mol. The van der Waals surface area contributed by atoms with Crippen LogP contribution in [0, 0.1) is 6.92 Å². The van der Waals surface area contributed by atoms with Crippen LogP contribution in [0.3, 0.4) is 0 Å². The number of aromatic nitrogens is 1. The summed E-state index contributed by atoms with van der Waals surface area (Å²) in [5, 5.41) is 12.4. The van der Waals surface area contributed by atoms with E-state index >= 15 is 0 Å². The van der Waals surface area contributed by atoms with E-state index in [1.54, 1.807) is 36.5 Å². The molecule has 1 aromatic heterocycles. The van der Waals surface area contributed by atoms with Crippen LogP contribution in [-0.2, 0) is 9.59 Å². The number of nitrogens with zero attached hydrogens (tertiary/aromatic N) is 1. The Morgan fingerprint density at radius 1 is 0.971 bits per heavy atom. The number of anilines is 1. The molecule has 1 unspecified atom stereocenters. The normalized spacial score (nSPS) is 17.2. The molecule has 7 nitrogen and oxygen atoms in total. The minimum Gasteiger partial charge on any atom is -0.507 e. The number of H-pyrrole nitrogens is 1. The van der Waals surface area contributed by atoms with Crippen LogP contribution >= 0.6 is 0 Å². The van der Waals surface area contributed by atoms with Gasteiger partial charge >= 0.3 is 0 Å². The Bertz CT molecular complexity index is 1480. The molecular formula is C28H24N2O5. The molecular weight excluding hydrogens is 444 g/mol. The number of ketones is 1. The lowest BCUT2D eigenvalue weighted by Crippen LogP contribution is -2.29. The summed E-state index contributed by atoms with van der Waals surface area (Å²) in [6.07, 6.45) is 1.78. The number of methoxy groups -OCH3 is 2. The van der Waals surface area contributed by atoms with E-state index in [4.69, 9.17) is 9.47 Å². The fourth-order valence-corrected chi connectivity index (χ4v) is 4.56. The summed E-state index contributed by atoms with van der Waals surface area (Å²) in [5.74, 6) is -0.994. The fraction of sp³-hybridized carbons (Fsp3) is 0.143. The number of amides is 1. The van der Waals surface area contributed by atoms with Gasteiger partial charge in [-0.3, -0.25) is 14.5 Å². The molecule has 1 aliphatic rings. The number of aliphatic hydroxyl groups is 1. The van der Waals surface area contributed by atoms with Crippen molar-refractivity contribution in [1.82, 2.24) is 4.98 Å². The smallest absolute Gasteiger partial charge is 0.300 e. The minimum absolute atomic E-state index is 0.0214. The van der Waals surface area contributed by atoms with Crippen molar-refractivity contribution >= 4 is 34.0 Å². The first-order valence-electron chi connectivity index (χ1n) is 11.1.